The molecule has 4 nitrogen and oxygen atoms in total. The van der Waals surface area contributed by atoms with Crippen LogP contribution in [0.15, 0.2) is 18.2 Å². The van der Waals surface area contributed by atoms with E-state index in [1.165, 1.54) is 6.42 Å². The first-order chi connectivity index (χ1) is 10.1. The molecule has 0 aliphatic heterocycles. The molecule has 1 saturated carbocycles. The largest absolute Gasteiger partial charge is 0.397 e. The zero-order valence-corrected chi connectivity index (χ0v) is 13.5. The van der Waals surface area contributed by atoms with Crippen molar-refractivity contribution in [1.82, 2.24) is 0 Å². The molecule has 0 radical (unpaired) electrons. The van der Waals surface area contributed by atoms with Crippen LogP contribution in [0.3, 0.4) is 0 Å². The van der Waals surface area contributed by atoms with Crippen molar-refractivity contribution in [2.24, 2.45) is 0 Å². The summed E-state index contributed by atoms with van der Waals surface area (Å²) in [4.78, 5) is 11.9. The third-order valence-electron chi connectivity index (χ3n) is 3.74. The van der Waals surface area contributed by atoms with Crippen LogP contribution in [0.1, 0.15) is 38.5 Å². The Morgan fingerprint density at radius 2 is 2.05 bits per heavy atom. The van der Waals surface area contributed by atoms with E-state index in [1.807, 2.05) is 0 Å². The summed E-state index contributed by atoms with van der Waals surface area (Å²) in [5.41, 5.74) is 6.76. The third-order valence-corrected chi connectivity index (χ3v) is 5.80. The Hall–Kier alpha value is -1.07. The molecule has 1 aliphatic rings. The van der Waals surface area contributed by atoms with Crippen molar-refractivity contribution in [3.63, 3.8) is 0 Å². The van der Waals surface area contributed by atoms with E-state index < -0.39 is 10.8 Å². The maximum atomic E-state index is 12.2. The summed E-state index contributed by atoms with van der Waals surface area (Å²) < 4.78 is 12.2. The van der Waals surface area contributed by atoms with E-state index in [1.54, 1.807) is 18.2 Å². The highest BCUT2D eigenvalue weighted by atomic mass is 35.5. The van der Waals surface area contributed by atoms with Gasteiger partial charge >= 0.3 is 0 Å². The summed E-state index contributed by atoms with van der Waals surface area (Å²) >= 11 is 5.87. The van der Waals surface area contributed by atoms with Crippen molar-refractivity contribution in [2.45, 2.75) is 43.8 Å². The lowest BCUT2D eigenvalue weighted by molar-refractivity contribution is -0.115. The maximum absolute atomic E-state index is 12.2. The maximum Gasteiger partial charge on any atom is 0.225 e. The van der Waals surface area contributed by atoms with Crippen molar-refractivity contribution in [3.8, 4) is 0 Å². The van der Waals surface area contributed by atoms with Gasteiger partial charge in [0.25, 0.3) is 0 Å². The molecule has 1 unspecified atom stereocenters. The topological polar surface area (TPSA) is 72.2 Å². The highest BCUT2D eigenvalue weighted by Crippen LogP contribution is 2.24. The molecule has 1 amide bonds. The molecule has 2 rings (SSSR count). The number of anilines is 2. The Balaban J connectivity index is 1.81. The molecule has 1 aromatic rings. The Bertz CT molecular complexity index is 530. The number of amides is 1. The summed E-state index contributed by atoms with van der Waals surface area (Å²) in [7, 11) is -0.913. The van der Waals surface area contributed by atoms with Crippen molar-refractivity contribution >= 4 is 39.7 Å². The first-order valence-electron chi connectivity index (χ1n) is 7.28. The van der Waals surface area contributed by atoms with Crippen LogP contribution in [0, 0.1) is 0 Å². The van der Waals surface area contributed by atoms with Gasteiger partial charge in [0.15, 0.2) is 0 Å². The van der Waals surface area contributed by atoms with Gasteiger partial charge in [-0.25, -0.2) is 0 Å². The SMILES string of the molecule is Nc1ccc(Cl)cc1NC(=O)CCS(=O)C1CCCCC1. The smallest absolute Gasteiger partial charge is 0.225 e. The van der Waals surface area contributed by atoms with E-state index in [-0.39, 0.29) is 17.6 Å². The number of benzene rings is 1. The number of carbonyl (C=O) groups excluding carboxylic acids is 1. The molecule has 1 atom stereocenters. The molecule has 3 N–H and O–H groups in total. The summed E-state index contributed by atoms with van der Waals surface area (Å²) in [6, 6.07) is 4.94. The molecule has 0 spiro atoms. The van der Waals surface area contributed by atoms with Crippen LogP contribution in [-0.2, 0) is 15.6 Å². The van der Waals surface area contributed by atoms with Crippen molar-refractivity contribution in [3.05, 3.63) is 23.2 Å². The number of nitrogens with one attached hydrogen (secondary N) is 1. The second-order valence-electron chi connectivity index (χ2n) is 5.37. The molecular formula is C15H21ClN2O2S. The summed E-state index contributed by atoms with van der Waals surface area (Å²) in [6.07, 6.45) is 5.84. The Morgan fingerprint density at radius 1 is 1.33 bits per heavy atom. The van der Waals surface area contributed by atoms with Crippen LogP contribution in [0.2, 0.25) is 5.02 Å². The molecule has 21 heavy (non-hydrogen) atoms. The minimum atomic E-state index is -0.913. The van der Waals surface area contributed by atoms with Gasteiger partial charge in [-0.2, -0.15) is 0 Å². The fourth-order valence-electron chi connectivity index (χ4n) is 2.54. The molecule has 1 fully saturated rings. The van der Waals surface area contributed by atoms with E-state index in [4.69, 9.17) is 17.3 Å². The van der Waals surface area contributed by atoms with Crippen molar-refractivity contribution < 1.29 is 9.00 Å². The quantitative estimate of drug-likeness (QED) is 0.814. The zero-order valence-electron chi connectivity index (χ0n) is 11.9. The molecule has 6 heteroatoms. The lowest BCUT2D eigenvalue weighted by Gasteiger charge is -2.20. The molecule has 116 valence electrons. The monoisotopic (exact) mass is 328 g/mol. The third kappa shape index (κ3) is 5.00. The van der Waals surface area contributed by atoms with Gasteiger partial charge in [0.1, 0.15) is 0 Å². The second kappa shape index (κ2) is 7.80. The average molecular weight is 329 g/mol. The van der Waals surface area contributed by atoms with Gasteiger partial charge in [-0.1, -0.05) is 30.9 Å². The predicted molar refractivity (Wildman–Crippen MR) is 89.0 cm³/mol. The molecular weight excluding hydrogens is 308 g/mol. The number of nitrogens with two attached hydrogens (primary N) is 1. The normalized spacial score (nSPS) is 17.4. The van der Waals surface area contributed by atoms with Crippen LogP contribution in [0.4, 0.5) is 11.4 Å². The number of carbonyl (C=O) groups is 1. The van der Waals surface area contributed by atoms with Gasteiger partial charge in [-0.05, 0) is 31.0 Å². The van der Waals surface area contributed by atoms with Gasteiger partial charge in [-0.15, -0.1) is 0 Å². The van der Waals surface area contributed by atoms with Crippen LogP contribution in [0.5, 0.6) is 0 Å². The van der Waals surface area contributed by atoms with Gasteiger partial charge in [0, 0.05) is 33.2 Å². The number of halogens is 1. The molecule has 0 heterocycles. The highest BCUT2D eigenvalue weighted by molar-refractivity contribution is 7.85. The summed E-state index contributed by atoms with van der Waals surface area (Å²) in [5.74, 6) is 0.241. The number of hydrogen-bond donors (Lipinski definition) is 2. The van der Waals surface area contributed by atoms with Gasteiger partial charge in [0.05, 0.1) is 11.4 Å². The molecule has 1 aromatic carbocycles. The van der Waals surface area contributed by atoms with Crippen LogP contribution < -0.4 is 11.1 Å². The lowest BCUT2D eigenvalue weighted by Crippen LogP contribution is -2.23. The first kappa shape index (κ1) is 16.3. The number of rotatable bonds is 5. The number of hydrogen-bond acceptors (Lipinski definition) is 3. The minimum Gasteiger partial charge on any atom is -0.397 e. The van der Waals surface area contributed by atoms with E-state index in [9.17, 15) is 9.00 Å². The highest BCUT2D eigenvalue weighted by Gasteiger charge is 2.20. The fraction of sp³-hybridized carbons (Fsp3) is 0.533. The first-order valence-corrected chi connectivity index (χ1v) is 9.04. The Morgan fingerprint density at radius 3 is 2.76 bits per heavy atom. The lowest BCUT2D eigenvalue weighted by atomic mass is 10.0. The zero-order chi connectivity index (χ0) is 15.2. The average Bonchev–Trinajstić information content (AvgIpc) is 2.49. The number of nitrogen functional groups attached to an aromatic ring is 1. The minimum absolute atomic E-state index is 0.173. The molecule has 0 bridgehead atoms. The van der Waals surface area contributed by atoms with Crippen LogP contribution in [0.25, 0.3) is 0 Å². The van der Waals surface area contributed by atoms with Crippen molar-refractivity contribution in [2.75, 3.05) is 16.8 Å². The van der Waals surface area contributed by atoms with Gasteiger partial charge < -0.3 is 11.1 Å². The fourth-order valence-corrected chi connectivity index (χ4v) is 4.29. The standard InChI is InChI=1S/C15H21ClN2O2S/c16-11-6-7-13(17)14(10-11)18-15(19)8-9-21(20)12-4-2-1-3-5-12/h6-7,10,12H,1-5,8-9,17H2,(H,18,19). The van der Waals surface area contributed by atoms with Gasteiger partial charge in [0.2, 0.25) is 5.91 Å². The van der Waals surface area contributed by atoms with Crippen LogP contribution in [-0.4, -0.2) is 21.1 Å². The van der Waals surface area contributed by atoms with E-state index in [2.05, 4.69) is 5.32 Å². The van der Waals surface area contributed by atoms with E-state index in [0.717, 1.165) is 25.7 Å². The van der Waals surface area contributed by atoms with E-state index >= 15 is 0 Å². The second-order valence-corrected chi connectivity index (χ2v) is 7.65. The Kier molecular flexibility index (Phi) is 6.06. The Labute approximate surface area is 132 Å². The predicted octanol–water partition coefficient (Wildman–Crippen LogP) is 3.33. The van der Waals surface area contributed by atoms with Crippen LogP contribution >= 0.6 is 11.6 Å². The van der Waals surface area contributed by atoms with E-state index in [0.29, 0.717) is 22.2 Å². The molecule has 0 saturated heterocycles. The van der Waals surface area contributed by atoms with Gasteiger partial charge in [-0.3, -0.25) is 9.00 Å². The summed E-state index contributed by atoms with van der Waals surface area (Å²) in [6.45, 7) is 0. The molecule has 1 aliphatic carbocycles. The van der Waals surface area contributed by atoms with Crippen molar-refractivity contribution in [1.29, 1.82) is 0 Å². The molecule has 0 aromatic heterocycles. The summed E-state index contributed by atoms with van der Waals surface area (Å²) in [5, 5.41) is 3.51.